The second kappa shape index (κ2) is 31.2. The standard InChI is InChI=1S/C19H12N2.C17H16N2.C15H10N2.2C10H10N2.5Ir/c1-2-9-15-13(7-1)14-8-3-5-11-17(14)21-18-12-6-4-10-16(18)20-19(15)21;1-13-7-6-8-14(2)16(13)19-12-11-18-17(19)15-9-4-3-5-10-15;1-2-7-13-11(5-1)12-6-3-4-8-14(12)17-10-9-16-15(13)17;1-11-7-8-12(9-11)10-5-3-2-4-6-10;1-12-8-7-11-10(12)9-5-3-2-4-6-9;;;;;/h1-8,10-12,19H;3-9,11-12,17H,1-2H3;1-6,8-10,15H;2-5,7-9H,1H3;2-5,7-8,10H,1H3;;;;;/q5*-2;;;;;. The van der Waals surface area contributed by atoms with Gasteiger partial charge < -0.3 is 50.7 Å². The van der Waals surface area contributed by atoms with Crippen LogP contribution in [0.1, 0.15) is 58.0 Å². The van der Waals surface area contributed by atoms with E-state index in [4.69, 9.17) is 5.32 Å². The van der Waals surface area contributed by atoms with Crippen LogP contribution in [0, 0.1) is 50.8 Å². The van der Waals surface area contributed by atoms with Crippen LogP contribution in [0.5, 0.6) is 0 Å². The van der Waals surface area contributed by atoms with Crippen LogP contribution in [0.2, 0.25) is 0 Å². The number of para-hydroxylation sites is 6. The third-order valence-corrected chi connectivity index (χ3v) is 14.7. The fourth-order valence-electron chi connectivity index (χ4n) is 10.9. The van der Waals surface area contributed by atoms with Gasteiger partial charge in [-0.1, -0.05) is 83.9 Å². The average molecular weight is 2010 g/mol. The third-order valence-electron chi connectivity index (χ3n) is 14.7. The Morgan fingerprint density at radius 2 is 0.895 bits per heavy atom. The number of hydrogen-bond acceptors (Lipinski definition) is 6. The number of aryl methyl sites for hydroxylation is 2. The quantitative estimate of drug-likeness (QED) is 0.163. The van der Waals surface area contributed by atoms with E-state index in [1.54, 1.807) is 0 Å². The summed E-state index contributed by atoms with van der Waals surface area (Å²) in [6.45, 7) is 6.28. The molecule has 0 saturated carbocycles. The van der Waals surface area contributed by atoms with Crippen molar-refractivity contribution in [2.24, 2.45) is 0 Å². The van der Waals surface area contributed by atoms with Gasteiger partial charge in [-0.2, -0.15) is 176 Å². The fraction of sp³-hybridized carbons (Fsp3) is 0.113. The summed E-state index contributed by atoms with van der Waals surface area (Å²) in [4.78, 5) is 12.8. The summed E-state index contributed by atoms with van der Waals surface area (Å²) in [7, 11) is 4.01. The van der Waals surface area contributed by atoms with Crippen molar-refractivity contribution in [3.63, 3.8) is 0 Å². The van der Waals surface area contributed by atoms with Crippen LogP contribution in [0.15, 0.2) is 250 Å². The zero-order chi connectivity index (χ0) is 55.1. The molecular formula is C71H58Ir5N10-10. The Hall–Kier alpha value is -6.81. The van der Waals surface area contributed by atoms with Gasteiger partial charge >= 0.3 is 0 Å². The molecule has 9 aromatic carbocycles. The van der Waals surface area contributed by atoms with Gasteiger partial charge in [0.1, 0.15) is 0 Å². The molecule has 0 saturated heterocycles. The van der Waals surface area contributed by atoms with Crippen molar-refractivity contribution in [1.82, 2.24) is 9.80 Å². The van der Waals surface area contributed by atoms with E-state index in [9.17, 15) is 0 Å². The summed E-state index contributed by atoms with van der Waals surface area (Å²) in [5.41, 5.74) is 19.1. The SMILES string of the molecule is CN1C=CN(c2[c-]cccc2)[CH-]1.CN1C=C[N-]C1c1[c-]cccc1.Cc1cccc(C)c1N1C=C[N-]C1c1[c-]cccc1.[Ir].[Ir].[Ir].[Ir].[Ir].[c-]1cccc2c1C1[N-]C=CN1c1ccccc1-2.[c-]1cccc2c1C1[N-]c3ccccc3N1c1ccccc1-2. The van der Waals surface area contributed by atoms with Gasteiger partial charge in [-0.15, -0.1) is 33.6 Å². The molecule has 0 aromatic heterocycles. The Balaban J connectivity index is 0.000000154. The first kappa shape index (κ1) is 66.7. The van der Waals surface area contributed by atoms with Crippen molar-refractivity contribution >= 4 is 34.1 Å². The zero-order valence-corrected chi connectivity index (χ0v) is 59.2. The van der Waals surface area contributed by atoms with Crippen LogP contribution in [0.4, 0.5) is 34.1 Å². The molecule has 4 unspecified atom stereocenters. The van der Waals surface area contributed by atoms with Crippen LogP contribution >= 0.6 is 0 Å². The second-order valence-electron chi connectivity index (χ2n) is 19.9. The fourth-order valence-corrected chi connectivity index (χ4v) is 10.9. The van der Waals surface area contributed by atoms with Gasteiger partial charge in [0.05, 0.1) is 0 Å². The molecule has 7 heterocycles. The van der Waals surface area contributed by atoms with E-state index in [-0.39, 0.29) is 125 Å². The van der Waals surface area contributed by atoms with E-state index in [2.05, 4.69) is 183 Å². The number of nitrogens with zero attached hydrogens (tertiary/aromatic N) is 10. The third kappa shape index (κ3) is 14.3. The van der Waals surface area contributed by atoms with Gasteiger partial charge in [0.15, 0.2) is 0 Å². The molecule has 0 amide bonds. The molecule has 5 radical (unpaired) electrons. The summed E-state index contributed by atoms with van der Waals surface area (Å²) >= 11 is 0. The van der Waals surface area contributed by atoms with Crippen molar-refractivity contribution in [2.45, 2.75) is 38.5 Å². The second-order valence-corrected chi connectivity index (χ2v) is 19.9. The zero-order valence-electron chi connectivity index (χ0n) is 47.2. The molecule has 7 aliphatic heterocycles. The van der Waals surface area contributed by atoms with E-state index in [0.717, 1.165) is 33.6 Å². The van der Waals surface area contributed by atoms with E-state index in [1.807, 2.05) is 177 Å². The summed E-state index contributed by atoms with van der Waals surface area (Å²) in [5.74, 6) is 0. The Morgan fingerprint density at radius 1 is 0.395 bits per heavy atom. The van der Waals surface area contributed by atoms with E-state index in [1.165, 1.54) is 56.1 Å². The van der Waals surface area contributed by atoms with E-state index in [0.29, 0.717) is 0 Å². The molecule has 15 heteroatoms. The number of hydrogen-bond donors (Lipinski definition) is 0. The van der Waals surface area contributed by atoms with Crippen molar-refractivity contribution in [2.75, 3.05) is 33.7 Å². The molecule has 0 bridgehead atoms. The summed E-state index contributed by atoms with van der Waals surface area (Å²) in [6, 6.07) is 84.2. The maximum Gasteiger partial charge on any atom is 0.0455 e. The first-order valence-corrected chi connectivity index (χ1v) is 27.1. The van der Waals surface area contributed by atoms with Gasteiger partial charge in [0.25, 0.3) is 0 Å². The Labute approximate surface area is 574 Å². The molecule has 9 aromatic rings. The van der Waals surface area contributed by atoms with Crippen molar-refractivity contribution in [3.8, 4) is 22.3 Å². The number of rotatable bonds is 4. The van der Waals surface area contributed by atoms with E-state index < -0.39 is 0 Å². The van der Waals surface area contributed by atoms with Crippen LogP contribution in [-0.2, 0) is 101 Å². The summed E-state index contributed by atoms with van der Waals surface area (Å²) in [6.07, 6.45) is 15.8. The molecule has 16 rings (SSSR count). The van der Waals surface area contributed by atoms with Gasteiger partial charge in [-0.05, 0) is 106 Å². The summed E-state index contributed by atoms with van der Waals surface area (Å²) in [5, 5.41) is 18.3. The topological polar surface area (TPSA) is 75.8 Å². The molecule has 4 atom stereocenters. The number of fused-ring (bicyclic) bond motifs is 14. The van der Waals surface area contributed by atoms with Gasteiger partial charge in [-0.3, -0.25) is 0 Å². The molecule has 447 valence electrons. The molecule has 0 aliphatic carbocycles. The first-order valence-electron chi connectivity index (χ1n) is 27.1. The van der Waals surface area contributed by atoms with E-state index >= 15 is 0 Å². The van der Waals surface area contributed by atoms with Gasteiger partial charge in [-0.25, -0.2) is 0 Å². The van der Waals surface area contributed by atoms with Crippen LogP contribution in [0.3, 0.4) is 0 Å². The monoisotopic (exact) mass is 2020 g/mol. The minimum atomic E-state index is 0. The minimum Gasteiger partial charge on any atom is -0.668 e. The van der Waals surface area contributed by atoms with Crippen LogP contribution < -0.4 is 19.6 Å². The molecular weight excluding hydrogens is 1950 g/mol. The molecule has 0 N–H and O–H groups in total. The Kier molecular flexibility index (Phi) is 24.2. The van der Waals surface area contributed by atoms with Crippen molar-refractivity contribution < 1.29 is 101 Å². The molecule has 86 heavy (non-hydrogen) atoms. The minimum absolute atomic E-state index is 0. The number of anilines is 5. The predicted octanol–water partition coefficient (Wildman–Crippen LogP) is 17.7. The Bertz CT molecular complexity index is 3730. The Morgan fingerprint density at radius 3 is 1.49 bits per heavy atom. The van der Waals surface area contributed by atoms with Crippen molar-refractivity contribution in [1.29, 1.82) is 0 Å². The average Bonchev–Trinajstić information content (AvgIpc) is 2.59. The van der Waals surface area contributed by atoms with Gasteiger partial charge in [0, 0.05) is 130 Å². The number of benzene rings is 9. The smallest absolute Gasteiger partial charge is 0.0455 e. The molecule has 7 aliphatic rings. The summed E-state index contributed by atoms with van der Waals surface area (Å²) < 4.78 is 0. The van der Waals surface area contributed by atoms with Gasteiger partial charge in [0.2, 0.25) is 0 Å². The molecule has 0 spiro atoms. The predicted molar refractivity (Wildman–Crippen MR) is 330 cm³/mol. The maximum absolute atomic E-state index is 4.91. The maximum atomic E-state index is 4.91. The first-order chi connectivity index (χ1) is 39.9. The molecule has 0 fully saturated rings. The van der Waals surface area contributed by atoms with Crippen LogP contribution in [0.25, 0.3) is 43.5 Å². The normalized spacial score (nSPS) is 17.1. The van der Waals surface area contributed by atoms with Crippen molar-refractivity contribution in [3.05, 3.63) is 341 Å². The van der Waals surface area contributed by atoms with Crippen LogP contribution in [-0.4, -0.2) is 23.9 Å². The molecule has 10 nitrogen and oxygen atoms in total. The largest absolute Gasteiger partial charge is 0.668 e.